The molecule has 0 radical (unpaired) electrons. The van der Waals surface area contributed by atoms with Crippen molar-refractivity contribution in [2.75, 3.05) is 31.0 Å². The summed E-state index contributed by atoms with van der Waals surface area (Å²) in [6.45, 7) is 0.361. The number of carbonyl (C=O) groups excluding carboxylic acids is 2. The Morgan fingerprint density at radius 1 is 1.50 bits per heavy atom. The fourth-order valence-corrected chi connectivity index (χ4v) is 1.70. The molecule has 1 heterocycles. The molecule has 1 aliphatic rings. The van der Waals surface area contributed by atoms with E-state index < -0.39 is 6.09 Å². The Morgan fingerprint density at radius 2 is 2.28 bits per heavy atom. The van der Waals surface area contributed by atoms with Gasteiger partial charge in [-0.05, 0) is 18.2 Å². The van der Waals surface area contributed by atoms with Gasteiger partial charge in [-0.25, -0.2) is 4.79 Å². The van der Waals surface area contributed by atoms with E-state index in [2.05, 4.69) is 10.1 Å². The third-order valence-corrected chi connectivity index (χ3v) is 2.70. The molecule has 0 saturated heterocycles. The second-order valence-electron chi connectivity index (χ2n) is 3.85. The van der Waals surface area contributed by atoms with Crippen LogP contribution in [0.4, 0.5) is 16.2 Å². The number of carbonyl (C=O) groups is 2. The van der Waals surface area contributed by atoms with Crippen molar-refractivity contribution in [2.24, 2.45) is 0 Å². The number of hydrogen-bond acceptors (Lipinski definition) is 4. The number of benzene rings is 1. The van der Waals surface area contributed by atoms with Crippen LogP contribution in [-0.4, -0.2) is 32.8 Å². The van der Waals surface area contributed by atoms with Crippen molar-refractivity contribution in [2.45, 2.75) is 6.42 Å². The lowest BCUT2D eigenvalue weighted by Gasteiger charge is -2.17. The number of fused-ring (bicyclic) bond motifs is 1. The van der Waals surface area contributed by atoms with E-state index in [0.29, 0.717) is 30.2 Å². The second-order valence-corrected chi connectivity index (χ2v) is 3.85. The molecule has 6 nitrogen and oxygen atoms in total. The molecule has 0 atom stereocenters. The highest BCUT2D eigenvalue weighted by Crippen LogP contribution is 2.33. The number of methoxy groups -OCH3 is 1. The first kappa shape index (κ1) is 12.2. The fraction of sp³-hybridized carbons (Fsp3) is 0.333. The molecule has 1 N–H and O–H groups in total. The SMILES string of the molecule is COC(=O)Nc1ccc2c(c1)N(C)C(=O)CCO2. The van der Waals surface area contributed by atoms with Crippen molar-refractivity contribution in [3.05, 3.63) is 18.2 Å². The van der Waals surface area contributed by atoms with E-state index in [-0.39, 0.29) is 5.91 Å². The van der Waals surface area contributed by atoms with Gasteiger partial charge in [0.15, 0.2) is 0 Å². The molecule has 18 heavy (non-hydrogen) atoms. The van der Waals surface area contributed by atoms with Crippen LogP contribution in [0.2, 0.25) is 0 Å². The van der Waals surface area contributed by atoms with Gasteiger partial charge in [-0.2, -0.15) is 0 Å². The molecule has 0 fully saturated rings. The highest BCUT2D eigenvalue weighted by molar-refractivity contribution is 5.96. The Kier molecular flexibility index (Phi) is 3.36. The average molecular weight is 250 g/mol. The van der Waals surface area contributed by atoms with Crippen molar-refractivity contribution in [3.8, 4) is 5.75 Å². The number of amides is 2. The van der Waals surface area contributed by atoms with Gasteiger partial charge in [0.1, 0.15) is 5.75 Å². The zero-order valence-corrected chi connectivity index (χ0v) is 10.2. The predicted molar refractivity (Wildman–Crippen MR) is 66.0 cm³/mol. The second kappa shape index (κ2) is 4.95. The van der Waals surface area contributed by atoms with Crippen molar-refractivity contribution >= 4 is 23.4 Å². The molecule has 1 aromatic rings. The normalized spacial score (nSPS) is 14.3. The molecule has 1 aliphatic heterocycles. The monoisotopic (exact) mass is 250 g/mol. The van der Waals surface area contributed by atoms with Gasteiger partial charge in [0, 0.05) is 12.7 Å². The summed E-state index contributed by atoms with van der Waals surface area (Å²) in [4.78, 5) is 24.3. The molecule has 0 unspecified atom stereocenters. The quantitative estimate of drug-likeness (QED) is 0.822. The third kappa shape index (κ3) is 2.37. The number of anilines is 2. The summed E-state index contributed by atoms with van der Waals surface area (Å²) in [5.74, 6) is 0.600. The van der Waals surface area contributed by atoms with Gasteiger partial charge < -0.3 is 14.4 Å². The van der Waals surface area contributed by atoms with Crippen LogP contribution in [0.1, 0.15) is 6.42 Å². The summed E-state index contributed by atoms with van der Waals surface area (Å²) < 4.78 is 9.98. The lowest BCUT2D eigenvalue weighted by molar-refractivity contribution is -0.118. The van der Waals surface area contributed by atoms with Gasteiger partial charge in [0.25, 0.3) is 0 Å². The van der Waals surface area contributed by atoms with Gasteiger partial charge in [-0.1, -0.05) is 0 Å². The molecule has 1 aromatic carbocycles. The molecule has 0 aromatic heterocycles. The van der Waals surface area contributed by atoms with Crippen LogP contribution in [0.15, 0.2) is 18.2 Å². The smallest absolute Gasteiger partial charge is 0.411 e. The molecule has 0 spiro atoms. The highest BCUT2D eigenvalue weighted by atomic mass is 16.5. The molecule has 2 amide bonds. The average Bonchev–Trinajstić information content (AvgIpc) is 2.51. The van der Waals surface area contributed by atoms with Gasteiger partial charge in [0.05, 0.1) is 25.8 Å². The van der Waals surface area contributed by atoms with E-state index in [9.17, 15) is 9.59 Å². The summed E-state index contributed by atoms with van der Waals surface area (Å²) >= 11 is 0. The van der Waals surface area contributed by atoms with Crippen LogP contribution in [-0.2, 0) is 9.53 Å². The van der Waals surface area contributed by atoms with E-state index in [1.165, 1.54) is 12.0 Å². The molecule has 0 saturated carbocycles. The number of nitrogens with zero attached hydrogens (tertiary/aromatic N) is 1. The summed E-state index contributed by atoms with van der Waals surface area (Å²) in [5, 5.41) is 2.54. The maximum absolute atomic E-state index is 11.7. The molecule has 6 heteroatoms. The molecule has 96 valence electrons. The van der Waals surface area contributed by atoms with Gasteiger partial charge >= 0.3 is 6.09 Å². The van der Waals surface area contributed by atoms with Crippen molar-refractivity contribution in [1.82, 2.24) is 0 Å². The minimum Gasteiger partial charge on any atom is -0.491 e. The number of hydrogen-bond donors (Lipinski definition) is 1. The van der Waals surface area contributed by atoms with Crippen LogP contribution in [0.3, 0.4) is 0 Å². The van der Waals surface area contributed by atoms with E-state index >= 15 is 0 Å². The molecular weight excluding hydrogens is 236 g/mol. The highest BCUT2D eigenvalue weighted by Gasteiger charge is 2.20. The number of rotatable bonds is 1. The predicted octanol–water partition coefficient (Wildman–Crippen LogP) is 1.61. The molecular formula is C12H14N2O4. The van der Waals surface area contributed by atoms with Gasteiger partial charge in [-0.15, -0.1) is 0 Å². The number of ether oxygens (including phenoxy) is 2. The van der Waals surface area contributed by atoms with Crippen LogP contribution in [0, 0.1) is 0 Å². The summed E-state index contributed by atoms with van der Waals surface area (Å²) in [5.41, 5.74) is 1.18. The van der Waals surface area contributed by atoms with Gasteiger partial charge in [-0.3, -0.25) is 10.1 Å². The van der Waals surface area contributed by atoms with Crippen molar-refractivity contribution in [3.63, 3.8) is 0 Å². The lowest BCUT2D eigenvalue weighted by Crippen LogP contribution is -2.25. The summed E-state index contributed by atoms with van der Waals surface area (Å²) in [7, 11) is 2.97. The summed E-state index contributed by atoms with van der Waals surface area (Å²) in [6.07, 6.45) is -0.219. The van der Waals surface area contributed by atoms with Crippen LogP contribution >= 0.6 is 0 Å². The first-order chi connectivity index (χ1) is 8.61. The minimum atomic E-state index is -0.557. The largest absolute Gasteiger partial charge is 0.491 e. The van der Waals surface area contributed by atoms with E-state index in [0.717, 1.165) is 0 Å². The van der Waals surface area contributed by atoms with Crippen LogP contribution in [0.25, 0.3) is 0 Å². The third-order valence-electron chi connectivity index (χ3n) is 2.70. The van der Waals surface area contributed by atoms with E-state index in [1.54, 1.807) is 25.2 Å². The zero-order valence-electron chi connectivity index (χ0n) is 10.2. The Labute approximate surface area is 104 Å². The van der Waals surface area contributed by atoms with Crippen molar-refractivity contribution in [1.29, 1.82) is 0 Å². The summed E-state index contributed by atoms with van der Waals surface area (Å²) in [6, 6.07) is 5.09. The maximum Gasteiger partial charge on any atom is 0.411 e. The first-order valence-electron chi connectivity index (χ1n) is 5.50. The van der Waals surface area contributed by atoms with Crippen molar-refractivity contribution < 1.29 is 19.1 Å². The minimum absolute atomic E-state index is 0.0241. The topological polar surface area (TPSA) is 67.9 Å². The van der Waals surface area contributed by atoms with E-state index in [1.807, 2.05) is 0 Å². The molecule has 0 aliphatic carbocycles. The van der Waals surface area contributed by atoms with Crippen LogP contribution < -0.4 is 15.0 Å². The Hall–Kier alpha value is -2.24. The maximum atomic E-state index is 11.7. The zero-order chi connectivity index (χ0) is 13.1. The first-order valence-corrected chi connectivity index (χ1v) is 5.50. The standard InChI is InChI=1S/C12H14N2O4/c1-14-9-7-8(13-12(16)17-2)3-4-10(9)18-6-5-11(14)15/h3-4,7H,5-6H2,1-2H3,(H,13,16). The Bertz CT molecular complexity index is 487. The van der Waals surface area contributed by atoms with Crippen LogP contribution in [0.5, 0.6) is 5.75 Å². The fourth-order valence-electron chi connectivity index (χ4n) is 1.70. The molecule has 2 rings (SSSR count). The molecule has 0 bridgehead atoms. The van der Waals surface area contributed by atoms with E-state index in [4.69, 9.17) is 4.74 Å². The lowest BCUT2D eigenvalue weighted by atomic mass is 10.2. The Morgan fingerprint density at radius 3 is 3.00 bits per heavy atom. The number of nitrogens with one attached hydrogen (secondary N) is 1. The Balaban J connectivity index is 2.31. The van der Waals surface area contributed by atoms with Gasteiger partial charge in [0.2, 0.25) is 5.91 Å².